The number of aromatic nitrogens is 4. The summed E-state index contributed by atoms with van der Waals surface area (Å²) in [4.78, 5) is 50.2. The Bertz CT molecular complexity index is 1980. The minimum Gasteiger partial charge on any atom is -0.461 e. The van der Waals surface area contributed by atoms with E-state index in [2.05, 4.69) is 30.1 Å². The Hall–Kier alpha value is -4.83. The van der Waals surface area contributed by atoms with Crippen LogP contribution in [0, 0.1) is 0 Å². The van der Waals surface area contributed by atoms with Gasteiger partial charge in [0.15, 0.2) is 35.4 Å². The van der Waals surface area contributed by atoms with Crippen molar-refractivity contribution in [1.82, 2.24) is 24.6 Å². The summed E-state index contributed by atoms with van der Waals surface area (Å²) >= 11 is 0. The van der Waals surface area contributed by atoms with E-state index < -0.39 is 62.7 Å². The number of fused-ring (bicyclic) bond motifs is 3. The third-order valence-electron chi connectivity index (χ3n) is 9.00. The molecule has 3 unspecified atom stereocenters. The van der Waals surface area contributed by atoms with Crippen LogP contribution in [0.1, 0.15) is 52.2 Å². The standard InChI is InChI=1S/C33H37N6O11P/c1-18(31(40)45-21-12-5-4-6-13-21)38-51(43,50-23-15-9-11-20-10-7-8-14-22(20)23)49-19(2)25-26-27(48-33(42)47-26)30(46-25)39-17-36-24-28(37-32(41)44-3)34-16-35-29(24)39/h7-11,14-19,21,25-27,30H,4-6,12-13H2,1-3H3,(H,38,43)(H,34,35,37,41)/t18?,19?,25-,26-,27-,30-,51?/m1/s1. The molecule has 7 atom stereocenters. The van der Waals surface area contributed by atoms with Gasteiger partial charge in [0.25, 0.3) is 0 Å². The first-order valence-corrected chi connectivity index (χ1v) is 18.2. The molecule has 1 amide bonds. The number of amides is 1. The first kappa shape index (κ1) is 34.6. The van der Waals surface area contributed by atoms with Gasteiger partial charge in [0.2, 0.25) is 0 Å². The Morgan fingerprint density at radius 2 is 1.76 bits per heavy atom. The number of hydrogen-bond acceptors (Lipinski definition) is 14. The summed E-state index contributed by atoms with van der Waals surface area (Å²) < 4.78 is 56.4. The molecule has 18 heteroatoms. The van der Waals surface area contributed by atoms with Crippen molar-refractivity contribution in [3.05, 3.63) is 55.1 Å². The highest BCUT2D eigenvalue weighted by atomic mass is 31.2. The number of methoxy groups -OCH3 is 1. The average Bonchev–Trinajstić information content (AvgIpc) is 3.82. The first-order chi connectivity index (χ1) is 24.6. The van der Waals surface area contributed by atoms with Crippen LogP contribution >= 0.6 is 7.75 Å². The summed E-state index contributed by atoms with van der Waals surface area (Å²) in [5, 5.41) is 6.75. The van der Waals surface area contributed by atoms with Crippen LogP contribution in [0.3, 0.4) is 0 Å². The van der Waals surface area contributed by atoms with Crippen LogP contribution in [0.5, 0.6) is 5.75 Å². The number of benzene rings is 2. The topological polar surface area (TPSA) is 201 Å². The molecular formula is C33H37N6O11P. The van der Waals surface area contributed by atoms with Crippen molar-refractivity contribution in [2.45, 2.75) is 88.7 Å². The molecule has 17 nitrogen and oxygen atoms in total. The number of carbonyl (C=O) groups is 3. The first-order valence-electron chi connectivity index (χ1n) is 16.6. The van der Waals surface area contributed by atoms with E-state index in [-0.39, 0.29) is 28.8 Å². The number of nitrogens with zero attached hydrogens (tertiary/aromatic N) is 4. The van der Waals surface area contributed by atoms with E-state index in [0.717, 1.165) is 37.5 Å². The van der Waals surface area contributed by atoms with Gasteiger partial charge in [0.05, 0.1) is 19.5 Å². The number of esters is 1. The van der Waals surface area contributed by atoms with Crippen LogP contribution in [0.2, 0.25) is 0 Å². The summed E-state index contributed by atoms with van der Waals surface area (Å²) in [5.41, 5.74) is 0.460. The van der Waals surface area contributed by atoms with E-state index in [4.69, 9.17) is 28.0 Å². The normalized spacial score (nSPS) is 24.2. The number of rotatable bonds is 11. The fraction of sp³-hybridized carbons (Fsp3) is 0.455. The zero-order chi connectivity index (χ0) is 35.7. The van der Waals surface area contributed by atoms with E-state index in [9.17, 15) is 18.9 Å². The monoisotopic (exact) mass is 724 g/mol. The third kappa shape index (κ3) is 7.19. The number of hydrogen-bond donors (Lipinski definition) is 2. The fourth-order valence-electron chi connectivity index (χ4n) is 6.55. The van der Waals surface area contributed by atoms with Crippen LogP contribution in [0.15, 0.2) is 55.1 Å². The van der Waals surface area contributed by atoms with Crippen LogP contribution in [0.25, 0.3) is 21.9 Å². The van der Waals surface area contributed by atoms with Crippen molar-refractivity contribution >= 4 is 53.7 Å². The maximum absolute atomic E-state index is 14.8. The molecule has 2 saturated heterocycles. The molecule has 4 heterocycles. The smallest absolute Gasteiger partial charge is 0.461 e. The van der Waals surface area contributed by atoms with Crippen molar-refractivity contribution in [3.8, 4) is 5.75 Å². The third-order valence-corrected chi connectivity index (χ3v) is 10.8. The second-order valence-electron chi connectivity index (χ2n) is 12.5. The summed E-state index contributed by atoms with van der Waals surface area (Å²) in [6.45, 7) is 3.10. The van der Waals surface area contributed by atoms with Crippen molar-refractivity contribution in [3.63, 3.8) is 0 Å². The van der Waals surface area contributed by atoms with Gasteiger partial charge in [-0.25, -0.2) is 29.1 Å². The fourth-order valence-corrected chi connectivity index (χ4v) is 8.27. The Labute approximate surface area is 291 Å². The quantitative estimate of drug-likeness (QED) is 0.113. The molecule has 3 aliphatic rings. The largest absolute Gasteiger partial charge is 0.509 e. The lowest BCUT2D eigenvalue weighted by molar-refractivity contribution is -0.152. The molecule has 0 radical (unpaired) electrons. The van der Waals surface area contributed by atoms with Crippen molar-refractivity contribution in [1.29, 1.82) is 0 Å². The van der Waals surface area contributed by atoms with E-state index in [0.29, 0.717) is 5.39 Å². The van der Waals surface area contributed by atoms with Gasteiger partial charge in [0.1, 0.15) is 30.3 Å². The molecule has 1 saturated carbocycles. The molecule has 270 valence electrons. The van der Waals surface area contributed by atoms with Gasteiger partial charge in [-0.1, -0.05) is 42.8 Å². The minimum atomic E-state index is -4.42. The second-order valence-corrected chi connectivity index (χ2v) is 14.1. The molecule has 2 N–H and O–H groups in total. The Morgan fingerprint density at radius 1 is 1.00 bits per heavy atom. The average molecular weight is 725 g/mol. The zero-order valence-corrected chi connectivity index (χ0v) is 28.9. The minimum absolute atomic E-state index is 0.0850. The van der Waals surface area contributed by atoms with E-state index in [1.54, 1.807) is 19.1 Å². The van der Waals surface area contributed by atoms with Gasteiger partial charge in [0, 0.05) is 5.39 Å². The summed E-state index contributed by atoms with van der Waals surface area (Å²) in [6, 6.07) is 11.6. The molecule has 2 aromatic carbocycles. The number of ether oxygens (including phenoxy) is 5. The molecule has 2 aliphatic heterocycles. The van der Waals surface area contributed by atoms with Crippen LogP contribution < -0.4 is 14.9 Å². The van der Waals surface area contributed by atoms with E-state index in [1.807, 2.05) is 30.3 Å². The number of imidazole rings is 1. The predicted octanol–water partition coefficient (Wildman–Crippen LogP) is 5.41. The van der Waals surface area contributed by atoms with Crippen LogP contribution in [0.4, 0.5) is 15.4 Å². The molecule has 3 fully saturated rings. The highest BCUT2D eigenvalue weighted by Crippen LogP contribution is 2.50. The maximum atomic E-state index is 14.8. The lowest BCUT2D eigenvalue weighted by Crippen LogP contribution is -2.41. The van der Waals surface area contributed by atoms with Gasteiger partial charge in [-0.05, 0) is 51.0 Å². The SMILES string of the molecule is COC(=O)Nc1ncnc2c1ncn2[C@@H]1O[C@H](C(C)OP(=O)(NC(C)C(=O)OC2CCCCC2)Oc2cccc3ccccc23)[C@H]2OC(=O)O[C@H]21. The van der Waals surface area contributed by atoms with Gasteiger partial charge in [-0.2, -0.15) is 5.09 Å². The molecule has 2 aromatic heterocycles. The lowest BCUT2D eigenvalue weighted by atomic mass is 9.98. The van der Waals surface area contributed by atoms with Gasteiger partial charge >= 0.3 is 26.0 Å². The molecule has 0 bridgehead atoms. The Kier molecular flexibility index (Phi) is 9.79. The highest BCUT2D eigenvalue weighted by Gasteiger charge is 2.58. The van der Waals surface area contributed by atoms with Crippen LogP contribution in [-0.4, -0.2) is 81.4 Å². The molecule has 7 rings (SSSR count). The molecule has 0 spiro atoms. The van der Waals surface area contributed by atoms with E-state index in [1.165, 1.54) is 31.3 Å². The predicted molar refractivity (Wildman–Crippen MR) is 179 cm³/mol. The summed E-state index contributed by atoms with van der Waals surface area (Å²) in [6.07, 6.45) is 0.0903. The summed E-state index contributed by atoms with van der Waals surface area (Å²) in [5.74, 6) is -0.254. The molecule has 51 heavy (non-hydrogen) atoms. The number of nitrogens with one attached hydrogen (secondary N) is 2. The lowest BCUT2D eigenvalue weighted by Gasteiger charge is -2.30. The maximum Gasteiger partial charge on any atom is 0.509 e. The Balaban J connectivity index is 1.16. The van der Waals surface area contributed by atoms with Crippen LogP contribution in [-0.2, 0) is 37.6 Å². The van der Waals surface area contributed by atoms with Crippen molar-refractivity contribution in [2.24, 2.45) is 0 Å². The number of anilines is 1. The van der Waals surface area contributed by atoms with Gasteiger partial charge in [-0.3, -0.25) is 19.2 Å². The molecule has 4 aromatic rings. The van der Waals surface area contributed by atoms with E-state index >= 15 is 0 Å². The number of carbonyl (C=O) groups excluding carboxylic acids is 3. The zero-order valence-electron chi connectivity index (χ0n) is 28.0. The Morgan fingerprint density at radius 3 is 2.57 bits per heavy atom. The second kappa shape index (κ2) is 14.4. The summed E-state index contributed by atoms with van der Waals surface area (Å²) in [7, 11) is -3.20. The highest BCUT2D eigenvalue weighted by molar-refractivity contribution is 7.52. The van der Waals surface area contributed by atoms with Gasteiger partial charge in [-0.15, -0.1) is 0 Å². The van der Waals surface area contributed by atoms with Crippen molar-refractivity contribution in [2.75, 3.05) is 12.4 Å². The van der Waals surface area contributed by atoms with Gasteiger partial charge < -0.3 is 28.2 Å². The molecule has 1 aliphatic carbocycles. The van der Waals surface area contributed by atoms with Crippen molar-refractivity contribution < 1.29 is 51.7 Å². The molecular weight excluding hydrogens is 687 g/mol.